The zero-order valence-corrected chi connectivity index (χ0v) is 17.5. The first-order valence-corrected chi connectivity index (χ1v) is 10.7. The molecule has 1 N–H and O–H groups in total. The summed E-state index contributed by atoms with van der Waals surface area (Å²) in [6.45, 7) is 6.90. The highest BCUT2D eigenvalue weighted by Crippen LogP contribution is 2.25. The van der Waals surface area contributed by atoms with E-state index in [4.69, 9.17) is 4.74 Å². The summed E-state index contributed by atoms with van der Waals surface area (Å²) in [6.07, 6.45) is 6.21. The van der Waals surface area contributed by atoms with Crippen LogP contribution in [0.1, 0.15) is 68.2 Å². The van der Waals surface area contributed by atoms with E-state index in [2.05, 4.69) is 55.6 Å². The van der Waals surface area contributed by atoms with Gasteiger partial charge in [-0.15, -0.1) is 0 Å². The molecule has 0 bridgehead atoms. The Kier molecular flexibility index (Phi) is 7.13. The Labute approximate surface area is 169 Å². The fourth-order valence-electron chi connectivity index (χ4n) is 3.76. The molecule has 1 aliphatic carbocycles. The van der Waals surface area contributed by atoms with E-state index in [1.807, 2.05) is 13.0 Å². The number of amides is 1. The number of hydrogen-bond acceptors (Lipinski definition) is 2. The zero-order chi connectivity index (χ0) is 19.9. The lowest BCUT2D eigenvalue weighted by Gasteiger charge is -2.19. The molecule has 2 aromatic carbocycles. The third-order valence-corrected chi connectivity index (χ3v) is 5.59. The number of aryl methyl sites for hydroxylation is 3. The minimum Gasteiger partial charge on any atom is -0.481 e. The van der Waals surface area contributed by atoms with Crippen molar-refractivity contribution < 1.29 is 9.53 Å². The Balaban J connectivity index is 1.40. The second-order valence-electron chi connectivity index (χ2n) is 8.19. The van der Waals surface area contributed by atoms with Gasteiger partial charge in [0.05, 0.1) is 0 Å². The maximum absolute atomic E-state index is 12.3. The molecule has 2 aromatic rings. The Morgan fingerprint density at radius 3 is 2.43 bits per heavy atom. The summed E-state index contributed by atoms with van der Waals surface area (Å²) in [5.74, 6) is 1.31. The van der Waals surface area contributed by atoms with E-state index in [0.29, 0.717) is 12.5 Å². The molecular formula is C25H33NO2. The van der Waals surface area contributed by atoms with Gasteiger partial charge in [0.1, 0.15) is 5.75 Å². The molecular weight excluding hydrogens is 346 g/mol. The SMILES string of the molecule is CC(C)c1ccc(CCCNC(=O)[C@H](C)Oc2ccc3c(c2)CCCC3)cc1. The molecule has 1 atom stereocenters. The summed E-state index contributed by atoms with van der Waals surface area (Å²) in [4.78, 5) is 12.3. The van der Waals surface area contributed by atoms with E-state index >= 15 is 0 Å². The fraction of sp³-hybridized carbons (Fsp3) is 0.480. The van der Waals surface area contributed by atoms with E-state index in [1.54, 1.807) is 0 Å². The Morgan fingerprint density at radius 1 is 1.00 bits per heavy atom. The first-order valence-electron chi connectivity index (χ1n) is 10.7. The van der Waals surface area contributed by atoms with Crippen LogP contribution in [-0.4, -0.2) is 18.6 Å². The van der Waals surface area contributed by atoms with Gasteiger partial charge in [-0.3, -0.25) is 4.79 Å². The van der Waals surface area contributed by atoms with E-state index in [0.717, 1.165) is 31.4 Å². The first-order chi connectivity index (χ1) is 13.5. The van der Waals surface area contributed by atoms with Gasteiger partial charge in [0, 0.05) is 6.54 Å². The van der Waals surface area contributed by atoms with Gasteiger partial charge in [0.2, 0.25) is 0 Å². The van der Waals surface area contributed by atoms with Gasteiger partial charge in [0.15, 0.2) is 6.10 Å². The first kappa shape index (κ1) is 20.4. The molecule has 150 valence electrons. The molecule has 0 fully saturated rings. The van der Waals surface area contributed by atoms with Gasteiger partial charge in [-0.05, 0) is 85.8 Å². The van der Waals surface area contributed by atoms with Gasteiger partial charge in [-0.25, -0.2) is 0 Å². The number of nitrogens with one attached hydrogen (secondary N) is 1. The summed E-state index contributed by atoms with van der Waals surface area (Å²) in [6, 6.07) is 15.0. The molecule has 0 saturated carbocycles. The molecule has 0 radical (unpaired) electrons. The number of fused-ring (bicyclic) bond motifs is 1. The number of rotatable bonds is 8. The summed E-state index contributed by atoms with van der Waals surface area (Å²) in [5, 5.41) is 3.00. The molecule has 3 nitrogen and oxygen atoms in total. The van der Waals surface area contributed by atoms with Crippen molar-refractivity contribution in [1.82, 2.24) is 5.32 Å². The second kappa shape index (κ2) is 9.77. The predicted molar refractivity (Wildman–Crippen MR) is 115 cm³/mol. The quantitative estimate of drug-likeness (QED) is 0.640. The molecule has 1 aliphatic rings. The van der Waals surface area contributed by atoms with Crippen molar-refractivity contribution in [3.63, 3.8) is 0 Å². The summed E-state index contributed by atoms with van der Waals surface area (Å²) in [5.41, 5.74) is 5.49. The largest absolute Gasteiger partial charge is 0.481 e. The molecule has 0 spiro atoms. The molecule has 3 rings (SSSR count). The van der Waals surface area contributed by atoms with Gasteiger partial charge in [0.25, 0.3) is 5.91 Å². The zero-order valence-electron chi connectivity index (χ0n) is 17.5. The van der Waals surface area contributed by atoms with E-state index < -0.39 is 6.10 Å². The molecule has 0 saturated heterocycles. The summed E-state index contributed by atoms with van der Waals surface area (Å²) >= 11 is 0. The summed E-state index contributed by atoms with van der Waals surface area (Å²) in [7, 11) is 0. The van der Waals surface area contributed by atoms with Crippen molar-refractivity contribution in [3.05, 3.63) is 64.7 Å². The molecule has 0 unspecified atom stereocenters. The minimum absolute atomic E-state index is 0.0483. The lowest BCUT2D eigenvalue weighted by Crippen LogP contribution is -2.37. The van der Waals surface area contributed by atoms with E-state index in [1.165, 1.54) is 35.1 Å². The Hall–Kier alpha value is -2.29. The van der Waals surface area contributed by atoms with Crippen molar-refractivity contribution in [2.75, 3.05) is 6.54 Å². The van der Waals surface area contributed by atoms with Crippen LogP contribution in [0.25, 0.3) is 0 Å². The Bertz CT molecular complexity index is 780. The number of carbonyl (C=O) groups is 1. The van der Waals surface area contributed by atoms with Gasteiger partial charge in [-0.1, -0.05) is 44.2 Å². The predicted octanol–water partition coefficient (Wildman–Crippen LogP) is 5.21. The van der Waals surface area contributed by atoms with Crippen molar-refractivity contribution in [2.45, 2.75) is 71.3 Å². The highest BCUT2D eigenvalue weighted by molar-refractivity contribution is 5.80. The third kappa shape index (κ3) is 5.60. The lowest BCUT2D eigenvalue weighted by molar-refractivity contribution is -0.127. The summed E-state index contributed by atoms with van der Waals surface area (Å²) < 4.78 is 5.88. The average Bonchev–Trinajstić information content (AvgIpc) is 2.71. The van der Waals surface area contributed by atoms with Gasteiger partial charge in [-0.2, -0.15) is 0 Å². The molecule has 0 heterocycles. The smallest absolute Gasteiger partial charge is 0.260 e. The van der Waals surface area contributed by atoms with Crippen LogP contribution in [0.5, 0.6) is 5.75 Å². The molecule has 3 heteroatoms. The topological polar surface area (TPSA) is 38.3 Å². The maximum atomic E-state index is 12.3. The average molecular weight is 380 g/mol. The van der Waals surface area contributed by atoms with Gasteiger partial charge >= 0.3 is 0 Å². The lowest BCUT2D eigenvalue weighted by atomic mass is 9.92. The van der Waals surface area contributed by atoms with Crippen molar-refractivity contribution in [1.29, 1.82) is 0 Å². The van der Waals surface area contributed by atoms with Crippen LogP contribution in [0.3, 0.4) is 0 Å². The highest BCUT2D eigenvalue weighted by Gasteiger charge is 2.16. The minimum atomic E-state index is -0.480. The standard InChI is InChI=1S/C25H33NO2/c1-18(2)21-12-10-20(11-13-21)7-6-16-26-25(27)19(3)28-24-15-14-22-8-4-5-9-23(22)17-24/h10-15,17-19H,4-9,16H2,1-3H3,(H,26,27)/t19-/m0/s1. The van der Waals surface area contributed by atoms with Gasteiger partial charge < -0.3 is 10.1 Å². The molecule has 1 amide bonds. The number of benzene rings is 2. The highest BCUT2D eigenvalue weighted by atomic mass is 16.5. The third-order valence-electron chi connectivity index (χ3n) is 5.59. The monoisotopic (exact) mass is 379 g/mol. The number of hydrogen-bond donors (Lipinski definition) is 1. The number of carbonyl (C=O) groups excluding carboxylic acids is 1. The van der Waals surface area contributed by atoms with Crippen molar-refractivity contribution in [2.24, 2.45) is 0 Å². The van der Waals surface area contributed by atoms with Crippen molar-refractivity contribution in [3.8, 4) is 5.75 Å². The molecule has 0 aromatic heterocycles. The fourth-order valence-corrected chi connectivity index (χ4v) is 3.76. The van der Waals surface area contributed by atoms with Crippen LogP contribution in [0, 0.1) is 0 Å². The number of ether oxygens (including phenoxy) is 1. The van der Waals surface area contributed by atoms with Crippen LogP contribution < -0.4 is 10.1 Å². The van der Waals surface area contributed by atoms with Crippen LogP contribution >= 0.6 is 0 Å². The Morgan fingerprint density at radius 2 is 1.71 bits per heavy atom. The molecule has 28 heavy (non-hydrogen) atoms. The molecule has 0 aliphatic heterocycles. The van der Waals surface area contributed by atoms with E-state index in [9.17, 15) is 4.79 Å². The van der Waals surface area contributed by atoms with Crippen LogP contribution in [-0.2, 0) is 24.1 Å². The second-order valence-corrected chi connectivity index (χ2v) is 8.19. The maximum Gasteiger partial charge on any atom is 0.260 e. The van der Waals surface area contributed by atoms with Crippen molar-refractivity contribution >= 4 is 5.91 Å². The van der Waals surface area contributed by atoms with Crippen LogP contribution in [0.15, 0.2) is 42.5 Å². The van der Waals surface area contributed by atoms with Crippen LogP contribution in [0.2, 0.25) is 0 Å². The van der Waals surface area contributed by atoms with E-state index in [-0.39, 0.29) is 5.91 Å². The normalized spacial score (nSPS) is 14.4. The van der Waals surface area contributed by atoms with Crippen LogP contribution in [0.4, 0.5) is 0 Å².